The van der Waals surface area contributed by atoms with Crippen LogP contribution >= 0.6 is 12.4 Å². The van der Waals surface area contributed by atoms with E-state index < -0.39 is 0 Å². The molecule has 2 unspecified atom stereocenters. The lowest BCUT2D eigenvalue weighted by atomic mass is 10.0. The zero-order chi connectivity index (χ0) is 10.8. The minimum Gasteiger partial charge on any atom is -0.373 e. The molecule has 1 aliphatic carbocycles. The maximum Gasteiger partial charge on any atom is 0.225 e. The van der Waals surface area contributed by atoms with Gasteiger partial charge in [0.2, 0.25) is 5.91 Å². The van der Waals surface area contributed by atoms with E-state index in [-0.39, 0.29) is 24.4 Å². The molecule has 0 spiro atoms. The van der Waals surface area contributed by atoms with Gasteiger partial charge in [-0.3, -0.25) is 4.79 Å². The van der Waals surface area contributed by atoms with Crippen molar-refractivity contribution in [1.29, 1.82) is 0 Å². The fourth-order valence-corrected chi connectivity index (χ4v) is 2.15. The largest absolute Gasteiger partial charge is 0.373 e. The Morgan fingerprint density at radius 1 is 1.56 bits per heavy atom. The molecule has 1 saturated heterocycles. The van der Waals surface area contributed by atoms with Gasteiger partial charge in [0.25, 0.3) is 0 Å². The van der Waals surface area contributed by atoms with Crippen molar-refractivity contribution in [3.8, 4) is 0 Å². The zero-order valence-corrected chi connectivity index (χ0v) is 10.5. The first kappa shape index (κ1) is 13.7. The van der Waals surface area contributed by atoms with Crippen molar-refractivity contribution in [3.05, 3.63) is 0 Å². The Kier molecular flexibility index (Phi) is 5.02. The number of halogens is 1. The molecule has 94 valence electrons. The SMILES string of the molecule is CC(C(=O)N1CCOC(CN)C1)C1CC1.Cl. The second kappa shape index (κ2) is 5.84. The lowest BCUT2D eigenvalue weighted by molar-refractivity contribution is -0.142. The first-order chi connectivity index (χ1) is 7.22. The van der Waals surface area contributed by atoms with E-state index >= 15 is 0 Å². The van der Waals surface area contributed by atoms with Gasteiger partial charge >= 0.3 is 0 Å². The van der Waals surface area contributed by atoms with Gasteiger partial charge in [-0.25, -0.2) is 0 Å². The Hall–Kier alpha value is -0.320. The van der Waals surface area contributed by atoms with E-state index in [4.69, 9.17) is 10.5 Å². The zero-order valence-electron chi connectivity index (χ0n) is 9.72. The molecule has 4 nitrogen and oxygen atoms in total. The van der Waals surface area contributed by atoms with Gasteiger partial charge in [0.05, 0.1) is 12.7 Å². The number of ether oxygens (including phenoxy) is 1. The number of carbonyl (C=O) groups is 1. The predicted octanol–water partition coefficient (Wildman–Crippen LogP) is 0.640. The third-order valence-electron chi connectivity index (χ3n) is 3.43. The van der Waals surface area contributed by atoms with Crippen molar-refractivity contribution >= 4 is 18.3 Å². The van der Waals surface area contributed by atoms with Crippen LogP contribution in [-0.4, -0.2) is 43.2 Å². The molecule has 2 aliphatic rings. The molecule has 1 amide bonds. The van der Waals surface area contributed by atoms with Crippen molar-refractivity contribution in [3.63, 3.8) is 0 Å². The van der Waals surface area contributed by atoms with Gasteiger partial charge in [-0.1, -0.05) is 6.92 Å². The van der Waals surface area contributed by atoms with E-state index in [1.54, 1.807) is 0 Å². The van der Waals surface area contributed by atoms with Gasteiger partial charge in [-0.05, 0) is 18.8 Å². The van der Waals surface area contributed by atoms with Crippen LogP contribution in [0.2, 0.25) is 0 Å². The van der Waals surface area contributed by atoms with Crippen LogP contribution in [0.4, 0.5) is 0 Å². The van der Waals surface area contributed by atoms with Crippen LogP contribution in [0, 0.1) is 11.8 Å². The number of hydrogen-bond acceptors (Lipinski definition) is 3. The fourth-order valence-electron chi connectivity index (χ4n) is 2.15. The van der Waals surface area contributed by atoms with Gasteiger partial charge in [0.1, 0.15) is 0 Å². The topological polar surface area (TPSA) is 55.6 Å². The van der Waals surface area contributed by atoms with Crippen molar-refractivity contribution in [2.45, 2.75) is 25.9 Å². The summed E-state index contributed by atoms with van der Waals surface area (Å²) in [6, 6.07) is 0. The van der Waals surface area contributed by atoms with Crippen LogP contribution in [0.25, 0.3) is 0 Å². The first-order valence-electron chi connectivity index (χ1n) is 5.83. The van der Waals surface area contributed by atoms with Gasteiger partial charge in [-0.15, -0.1) is 12.4 Å². The summed E-state index contributed by atoms with van der Waals surface area (Å²) in [6.07, 6.45) is 2.48. The van der Waals surface area contributed by atoms with Crippen molar-refractivity contribution in [2.75, 3.05) is 26.2 Å². The Balaban J connectivity index is 0.00000128. The molecule has 0 aromatic carbocycles. The summed E-state index contributed by atoms with van der Waals surface area (Å²) in [5, 5.41) is 0. The molecular formula is C11H21ClN2O2. The standard InChI is InChI=1S/C11H20N2O2.ClH/c1-8(9-2-3-9)11(14)13-4-5-15-10(6-12)7-13;/h8-10H,2-7,12H2,1H3;1H. The molecule has 0 bridgehead atoms. The third-order valence-corrected chi connectivity index (χ3v) is 3.43. The molecule has 1 heterocycles. The highest BCUT2D eigenvalue weighted by molar-refractivity contribution is 5.85. The van der Waals surface area contributed by atoms with E-state index in [1.165, 1.54) is 12.8 Å². The highest BCUT2D eigenvalue weighted by Crippen LogP contribution is 2.37. The van der Waals surface area contributed by atoms with Gasteiger partial charge in [-0.2, -0.15) is 0 Å². The molecule has 2 atom stereocenters. The molecule has 2 N–H and O–H groups in total. The maximum absolute atomic E-state index is 12.1. The van der Waals surface area contributed by atoms with Crippen LogP contribution < -0.4 is 5.73 Å². The Bertz CT molecular complexity index is 246. The molecular weight excluding hydrogens is 228 g/mol. The van der Waals surface area contributed by atoms with E-state index in [0.29, 0.717) is 31.5 Å². The second-order valence-corrected chi connectivity index (χ2v) is 4.64. The summed E-state index contributed by atoms with van der Waals surface area (Å²) < 4.78 is 5.44. The van der Waals surface area contributed by atoms with Crippen molar-refractivity contribution < 1.29 is 9.53 Å². The van der Waals surface area contributed by atoms with Gasteiger partial charge in [0, 0.05) is 25.6 Å². The summed E-state index contributed by atoms with van der Waals surface area (Å²) in [6.45, 7) is 4.58. The molecule has 5 heteroatoms. The van der Waals surface area contributed by atoms with Crippen molar-refractivity contribution in [1.82, 2.24) is 4.90 Å². The van der Waals surface area contributed by atoms with Crippen LogP contribution in [0.3, 0.4) is 0 Å². The van der Waals surface area contributed by atoms with E-state index in [0.717, 1.165) is 6.54 Å². The van der Waals surface area contributed by atoms with Gasteiger partial charge < -0.3 is 15.4 Å². The lowest BCUT2D eigenvalue weighted by Crippen LogP contribution is -2.49. The Morgan fingerprint density at radius 3 is 2.81 bits per heavy atom. The van der Waals surface area contributed by atoms with Crippen LogP contribution in [0.5, 0.6) is 0 Å². The molecule has 16 heavy (non-hydrogen) atoms. The molecule has 0 radical (unpaired) electrons. The molecule has 2 rings (SSSR count). The number of nitrogens with zero attached hydrogens (tertiary/aromatic N) is 1. The lowest BCUT2D eigenvalue weighted by Gasteiger charge is -2.34. The molecule has 2 fully saturated rings. The summed E-state index contributed by atoms with van der Waals surface area (Å²) in [4.78, 5) is 14.0. The van der Waals surface area contributed by atoms with E-state index in [9.17, 15) is 4.79 Å². The van der Waals surface area contributed by atoms with E-state index in [2.05, 4.69) is 0 Å². The van der Waals surface area contributed by atoms with Crippen LogP contribution in [0.15, 0.2) is 0 Å². The molecule has 1 saturated carbocycles. The summed E-state index contributed by atoms with van der Waals surface area (Å²) in [7, 11) is 0. The average molecular weight is 249 g/mol. The monoisotopic (exact) mass is 248 g/mol. The van der Waals surface area contributed by atoms with Crippen molar-refractivity contribution in [2.24, 2.45) is 17.6 Å². The first-order valence-corrected chi connectivity index (χ1v) is 5.83. The number of carbonyl (C=O) groups excluding carboxylic acids is 1. The average Bonchev–Trinajstić information content (AvgIpc) is 3.11. The molecule has 1 aliphatic heterocycles. The smallest absolute Gasteiger partial charge is 0.225 e. The third kappa shape index (κ3) is 3.09. The number of hydrogen-bond donors (Lipinski definition) is 1. The second-order valence-electron chi connectivity index (χ2n) is 4.64. The predicted molar refractivity (Wildman–Crippen MR) is 64.5 cm³/mol. The maximum atomic E-state index is 12.1. The fraction of sp³-hybridized carbons (Fsp3) is 0.909. The van der Waals surface area contributed by atoms with Gasteiger partial charge in [0.15, 0.2) is 0 Å². The quantitative estimate of drug-likeness (QED) is 0.798. The summed E-state index contributed by atoms with van der Waals surface area (Å²) >= 11 is 0. The normalized spacial score (nSPS) is 27.1. The minimum atomic E-state index is 0. The Morgan fingerprint density at radius 2 is 2.25 bits per heavy atom. The number of morpholine rings is 1. The highest BCUT2D eigenvalue weighted by Gasteiger charge is 2.36. The van der Waals surface area contributed by atoms with Crippen LogP contribution in [-0.2, 0) is 9.53 Å². The summed E-state index contributed by atoms with van der Waals surface area (Å²) in [5.74, 6) is 1.12. The number of rotatable bonds is 3. The summed E-state index contributed by atoms with van der Waals surface area (Å²) in [5.41, 5.74) is 5.55. The van der Waals surface area contributed by atoms with Crippen LogP contribution in [0.1, 0.15) is 19.8 Å². The molecule has 0 aromatic heterocycles. The van der Waals surface area contributed by atoms with E-state index in [1.807, 2.05) is 11.8 Å². The minimum absolute atomic E-state index is 0. The number of nitrogens with two attached hydrogens (primary N) is 1. The Labute approximate surface area is 103 Å². The number of amides is 1. The molecule has 0 aromatic rings. The highest BCUT2D eigenvalue weighted by atomic mass is 35.5.